The lowest BCUT2D eigenvalue weighted by molar-refractivity contribution is 0.669. The van der Waals surface area contributed by atoms with Crippen LogP contribution in [0.4, 0.5) is 0 Å². The molecule has 0 aliphatic heterocycles. The molecule has 2 aromatic rings. The van der Waals surface area contributed by atoms with E-state index in [4.69, 9.17) is 18.0 Å². The Morgan fingerprint density at radius 3 is 2.89 bits per heavy atom. The first kappa shape index (κ1) is 12.8. The van der Waals surface area contributed by atoms with Gasteiger partial charge in [-0.3, -0.25) is 0 Å². The van der Waals surface area contributed by atoms with Crippen LogP contribution < -0.4 is 5.73 Å². The van der Waals surface area contributed by atoms with Gasteiger partial charge in [-0.1, -0.05) is 44.3 Å². The number of benzene rings is 1. The fourth-order valence-electron chi connectivity index (χ4n) is 1.97. The molecule has 4 heteroatoms. The summed E-state index contributed by atoms with van der Waals surface area (Å²) in [5.74, 6) is 1.51. The van der Waals surface area contributed by atoms with Gasteiger partial charge in [0.05, 0.1) is 0 Å². The fraction of sp³-hybridized carbons (Fsp3) is 0.286. The molecule has 0 aliphatic carbocycles. The van der Waals surface area contributed by atoms with Gasteiger partial charge in [0.15, 0.2) is 0 Å². The minimum Gasteiger partial charge on any atom is -0.389 e. The van der Waals surface area contributed by atoms with Crippen molar-refractivity contribution in [3.8, 4) is 0 Å². The normalized spacial score (nSPS) is 10.8. The molecular weight excluding hydrogens is 242 g/mol. The van der Waals surface area contributed by atoms with Gasteiger partial charge < -0.3 is 10.3 Å². The van der Waals surface area contributed by atoms with Crippen LogP contribution in [0.5, 0.6) is 0 Å². The summed E-state index contributed by atoms with van der Waals surface area (Å²) in [4.78, 5) is 4.82. The summed E-state index contributed by atoms with van der Waals surface area (Å²) in [6.07, 6.45) is 3.84. The second-order valence-electron chi connectivity index (χ2n) is 4.63. The third kappa shape index (κ3) is 2.76. The molecular formula is C14H17N3S. The standard InChI is InChI=1S/C14H17N3S/c1-10(2)14-16-6-7-17(14)9-11-4-3-5-12(8-11)13(15)18/h3-8,10H,9H2,1-2H3,(H2,15,18). The van der Waals surface area contributed by atoms with Gasteiger partial charge in [0.1, 0.15) is 10.8 Å². The van der Waals surface area contributed by atoms with Crippen LogP contribution in [0, 0.1) is 0 Å². The zero-order valence-corrected chi connectivity index (χ0v) is 11.4. The van der Waals surface area contributed by atoms with Crippen LogP contribution in [0.1, 0.15) is 36.7 Å². The van der Waals surface area contributed by atoms with Crippen molar-refractivity contribution in [3.63, 3.8) is 0 Å². The number of imidazole rings is 1. The van der Waals surface area contributed by atoms with Gasteiger partial charge in [0.25, 0.3) is 0 Å². The Kier molecular flexibility index (Phi) is 3.77. The Morgan fingerprint density at radius 2 is 2.22 bits per heavy atom. The molecule has 0 saturated carbocycles. The van der Waals surface area contributed by atoms with Crippen LogP contribution in [-0.4, -0.2) is 14.5 Å². The molecule has 1 aromatic carbocycles. The third-order valence-electron chi connectivity index (χ3n) is 2.83. The van der Waals surface area contributed by atoms with Crippen LogP contribution >= 0.6 is 12.2 Å². The van der Waals surface area contributed by atoms with E-state index in [0.29, 0.717) is 10.9 Å². The highest BCUT2D eigenvalue weighted by Crippen LogP contribution is 2.14. The summed E-state index contributed by atoms with van der Waals surface area (Å²) < 4.78 is 2.16. The van der Waals surface area contributed by atoms with Crippen molar-refractivity contribution in [2.75, 3.05) is 0 Å². The highest BCUT2D eigenvalue weighted by Gasteiger charge is 2.07. The minimum absolute atomic E-state index is 0.416. The number of nitrogens with zero attached hydrogens (tertiary/aromatic N) is 2. The van der Waals surface area contributed by atoms with Crippen molar-refractivity contribution in [2.45, 2.75) is 26.3 Å². The summed E-state index contributed by atoms with van der Waals surface area (Å²) in [5, 5.41) is 0. The molecule has 2 N–H and O–H groups in total. The van der Waals surface area contributed by atoms with Gasteiger partial charge in [0.2, 0.25) is 0 Å². The van der Waals surface area contributed by atoms with E-state index in [0.717, 1.165) is 17.9 Å². The van der Waals surface area contributed by atoms with E-state index in [2.05, 4.69) is 29.5 Å². The summed E-state index contributed by atoms with van der Waals surface area (Å²) >= 11 is 5.00. The van der Waals surface area contributed by atoms with E-state index in [1.807, 2.05) is 30.6 Å². The number of rotatable bonds is 4. The van der Waals surface area contributed by atoms with E-state index >= 15 is 0 Å². The topological polar surface area (TPSA) is 43.8 Å². The van der Waals surface area contributed by atoms with Gasteiger partial charge in [0, 0.05) is 30.4 Å². The number of hydrogen-bond donors (Lipinski definition) is 1. The molecule has 0 bridgehead atoms. The predicted octanol–water partition coefficient (Wildman–Crippen LogP) is 2.69. The minimum atomic E-state index is 0.416. The Balaban J connectivity index is 2.26. The zero-order valence-electron chi connectivity index (χ0n) is 10.6. The first-order valence-electron chi connectivity index (χ1n) is 5.97. The first-order chi connectivity index (χ1) is 8.58. The van der Waals surface area contributed by atoms with E-state index < -0.39 is 0 Å². The highest BCUT2D eigenvalue weighted by atomic mass is 32.1. The molecule has 18 heavy (non-hydrogen) atoms. The molecule has 3 nitrogen and oxygen atoms in total. The van der Waals surface area contributed by atoms with Crippen molar-refractivity contribution in [1.82, 2.24) is 9.55 Å². The molecule has 0 unspecified atom stereocenters. The lowest BCUT2D eigenvalue weighted by Gasteiger charge is -2.11. The number of hydrogen-bond acceptors (Lipinski definition) is 2. The molecule has 0 spiro atoms. The van der Waals surface area contributed by atoms with Crippen molar-refractivity contribution >= 4 is 17.2 Å². The average molecular weight is 259 g/mol. The SMILES string of the molecule is CC(C)c1nccn1Cc1cccc(C(N)=S)c1. The Bertz CT molecular complexity index is 558. The molecule has 0 amide bonds. The molecule has 0 aliphatic rings. The van der Waals surface area contributed by atoms with E-state index in [9.17, 15) is 0 Å². The third-order valence-corrected chi connectivity index (χ3v) is 3.06. The summed E-state index contributed by atoms with van der Waals surface area (Å²) in [5.41, 5.74) is 7.74. The van der Waals surface area contributed by atoms with Crippen molar-refractivity contribution < 1.29 is 0 Å². The fourth-order valence-corrected chi connectivity index (χ4v) is 2.10. The molecule has 1 aromatic heterocycles. The Morgan fingerprint density at radius 1 is 1.44 bits per heavy atom. The lowest BCUT2D eigenvalue weighted by Crippen LogP contribution is -2.11. The quantitative estimate of drug-likeness (QED) is 0.859. The van der Waals surface area contributed by atoms with Crippen LogP contribution in [-0.2, 0) is 6.54 Å². The van der Waals surface area contributed by atoms with E-state index in [1.54, 1.807) is 0 Å². The van der Waals surface area contributed by atoms with Gasteiger partial charge in [-0.25, -0.2) is 4.98 Å². The highest BCUT2D eigenvalue weighted by molar-refractivity contribution is 7.80. The second-order valence-corrected chi connectivity index (χ2v) is 5.07. The van der Waals surface area contributed by atoms with Crippen molar-refractivity contribution in [2.24, 2.45) is 5.73 Å². The lowest BCUT2D eigenvalue weighted by atomic mass is 10.1. The van der Waals surface area contributed by atoms with Gasteiger partial charge in [-0.15, -0.1) is 0 Å². The number of thiocarbonyl (C=S) groups is 1. The maximum Gasteiger partial charge on any atom is 0.111 e. The largest absolute Gasteiger partial charge is 0.389 e. The summed E-state index contributed by atoms with van der Waals surface area (Å²) in [7, 11) is 0. The smallest absolute Gasteiger partial charge is 0.111 e. The van der Waals surface area contributed by atoms with Crippen molar-refractivity contribution in [3.05, 3.63) is 53.6 Å². The summed E-state index contributed by atoms with van der Waals surface area (Å²) in [6.45, 7) is 5.08. The number of nitrogens with two attached hydrogens (primary N) is 1. The van der Waals surface area contributed by atoms with Crippen LogP contribution in [0.15, 0.2) is 36.7 Å². The first-order valence-corrected chi connectivity index (χ1v) is 6.38. The van der Waals surface area contributed by atoms with E-state index in [-0.39, 0.29) is 0 Å². The molecule has 2 rings (SSSR count). The Hall–Kier alpha value is -1.68. The van der Waals surface area contributed by atoms with E-state index in [1.165, 1.54) is 5.56 Å². The van der Waals surface area contributed by atoms with Crippen molar-refractivity contribution in [1.29, 1.82) is 0 Å². The predicted molar refractivity (Wildman–Crippen MR) is 77.7 cm³/mol. The average Bonchev–Trinajstić information content (AvgIpc) is 2.77. The molecule has 1 heterocycles. The molecule has 94 valence electrons. The molecule has 0 saturated heterocycles. The van der Waals surface area contributed by atoms with Crippen LogP contribution in [0.2, 0.25) is 0 Å². The molecule has 0 atom stereocenters. The number of aromatic nitrogens is 2. The Labute approximate surface area is 113 Å². The van der Waals surface area contributed by atoms with Crippen LogP contribution in [0.3, 0.4) is 0 Å². The second kappa shape index (κ2) is 5.31. The monoisotopic (exact) mass is 259 g/mol. The van der Waals surface area contributed by atoms with Crippen LogP contribution in [0.25, 0.3) is 0 Å². The molecule has 0 radical (unpaired) electrons. The van der Waals surface area contributed by atoms with Gasteiger partial charge in [-0.2, -0.15) is 0 Å². The zero-order chi connectivity index (χ0) is 13.1. The summed E-state index contributed by atoms with van der Waals surface area (Å²) in [6, 6.07) is 8.03. The maximum absolute atomic E-state index is 5.65. The van der Waals surface area contributed by atoms with Gasteiger partial charge in [-0.05, 0) is 11.6 Å². The maximum atomic E-state index is 5.65. The molecule has 0 fully saturated rings. The van der Waals surface area contributed by atoms with Gasteiger partial charge >= 0.3 is 0 Å².